The van der Waals surface area contributed by atoms with E-state index in [-0.39, 0.29) is 17.2 Å². The first-order valence-electron chi connectivity index (χ1n) is 7.27. The summed E-state index contributed by atoms with van der Waals surface area (Å²) < 4.78 is 39.9. The number of alkyl halides is 3. The standard InChI is InChI=1S/C16H15F3N4O3/c1-9-6-10(16(17,18)19)7-13(21-9)23-14(11(8-20-23)15(25)26)12(24)4-5-22(2)3/h4-8H,1-3H3,(H,25,26)/b5-4+. The number of aromatic nitrogens is 3. The lowest BCUT2D eigenvalue weighted by atomic mass is 10.1. The maximum Gasteiger partial charge on any atom is 0.416 e. The fourth-order valence-electron chi connectivity index (χ4n) is 2.13. The smallest absolute Gasteiger partial charge is 0.416 e. The number of halogens is 3. The molecule has 0 atom stereocenters. The summed E-state index contributed by atoms with van der Waals surface area (Å²) in [6.07, 6.45) is -1.24. The average molecular weight is 368 g/mol. The van der Waals surface area contributed by atoms with Crippen molar-refractivity contribution >= 4 is 11.8 Å². The summed E-state index contributed by atoms with van der Waals surface area (Å²) in [5.74, 6) is -2.46. The van der Waals surface area contributed by atoms with Crippen LogP contribution in [0, 0.1) is 6.92 Å². The molecule has 0 saturated heterocycles. The monoisotopic (exact) mass is 368 g/mol. The lowest BCUT2D eigenvalue weighted by Gasteiger charge is -2.11. The molecule has 0 aliphatic carbocycles. The van der Waals surface area contributed by atoms with Crippen LogP contribution in [-0.2, 0) is 6.18 Å². The summed E-state index contributed by atoms with van der Waals surface area (Å²) >= 11 is 0. The molecule has 0 unspecified atom stereocenters. The van der Waals surface area contributed by atoms with Crippen LogP contribution in [0.15, 0.2) is 30.6 Å². The van der Waals surface area contributed by atoms with Gasteiger partial charge in [0.25, 0.3) is 0 Å². The Kier molecular flexibility index (Phi) is 5.15. The van der Waals surface area contributed by atoms with Gasteiger partial charge in [-0.25, -0.2) is 14.5 Å². The van der Waals surface area contributed by atoms with Gasteiger partial charge in [-0.1, -0.05) is 0 Å². The van der Waals surface area contributed by atoms with Crippen molar-refractivity contribution in [2.24, 2.45) is 0 Å². The third-order valence-electron chi connectivity index (χ3n) is 3.24. The molecule has 2 rings (SSSR count). The first-order valence-corrected chi connectivity index (χ1v) is 7.27. The van der Waals surface area contributed by atoms with E-state index >= 15 is 0 Å². The van der Waals surface area contributed by atoms with E-state index in [0.29, 0.717) is 6.07 Å². The molecule has 2 aromatic heterocycles. The van der Waals surface area contributed by atoms with Gasteiger partial charge in [-0.15, -0.1) is 0 Å². The highest BCUT2D eigenvalue weighted by atomic mass is 19.4. The third kappa shape index (κ3) is 4.08. The second kappa shape index (κ2) is 6.98. The number of nitrogens with zero attached hydrogens (tertiary/aromatic N) is 4. The Labute approximate surface area is 146 Å². The lowest BCUT2D eigenvalue weighted by molar-refractivity contribution is -0.137. The molecule has 0 fully saturated rings. The third-order valence-corrected chi connectivity index (χ3v) is 3.24. The van der Waals surface area contributed by atoms with E-state index < -0.39 is 29.1 Å². The van der Waals surface area contributed by atoms with Gasteiger partial charge >= 0.3 is 12.1 Å². The predicted octanol–water partition coefficient (Wildman–Crippen LogP) is 2.55. The molecular weight excluding hydrogens is 353 g/mol. The number of hydrogen-bond donors (Lipinski definition) is 1. The number of hydrogen-bond acceptors (Lipinski definition) is 5. The predicted molar refractivity (Wildman–Crippen MR) is 85.2 cm³/mol. The van der Waals surface area contributed by atoms with Crippen LogP contribution in [0.4, 0.5) is 13.2 Å². The highest BCUT2D eigenvalue weighted by molar-refractivity contribution is 6.10. The molecule has 0 saturated carbocycles. The average Bonchev–Trinajstić information content (AvgIpc) is 2.96. The molecule has 0 aliphatic rings. The highest BCUT2D eigenvalue weighted by Crippen LogP contribution is 2.31. The zero-order valence-corrected chi connectivity index (χ0v) is 14.1. The number of carboxylic acid groups (broad SMARTS) is 1. The maximum atomic E-state index is 13.0. The van der Waals surface area contributed by atoms with Gasteiger partial charge in [-0.2, -0.15) is 18.3 Å². The van der Waals surface area contributed by atoms with Crippen LogP contribution in [-0.4, -0.2) is 50.6 Å². The van der Waals surface area contributed by atoms with Crippen molar-refractivity contribution in [3.05, 3.63) is 53.1 Å². The Morgan fingerprint density at radius 2 is 1.92 bits per heavy atom. The Morgan fingerprint density at radius 1 is 1.27 bits per heavy atom. The van der Waals surface area contributed by atoms with Crippen molar-refractivity contribution in [3.8, 4) is 5.82 Å². The molecule has 1 N–H and O–H groups in total. The number of aryl methyl sites for hydroxylation is 1. The van der Waals surface area contributed by atoms with Gasteiger partial charge in [0.05, 0.1) is 11.8 Å². The summed E-state index contributed by atoms with van der Waals surface area (Å²) in [7, 11) is 3.30. The van der Waals surface area contributed by atoms with Crippen LogP contribution in [0.5, 0.6) is 0 Å². The minimum Gasteiger partial charge on any atom is -0.478 e. The number of carboxylic acids is 1. The molecule has 0 radical (unpaired) electrons. The van der Waals surface area contributed by atoms with Crippen molar-refractivity contribution in [3.63, 3.8) is 0 Å². The van der Waals surface area contributed by atoms with Crippen molar-refractivity contribution < 1.29 is 27.9 Å². The molecule has 2 aromatic rings. The van der Waals surface area contributed by atoms with E-state index in [1.54, 1.807) is 19.0 Å². The van der Waals surface area contributed by atoms with Gasteiger partial charge in [0, 0.05) is 32.1 Å². The van der Waals surface area contributed by atoms with Crippen LogP contribution in [0.3, 0.4) is 0 Å². The number of rotatable bonds is 5. The molecule has 26 heavy (non-hydrogen) atoms. The summed E-state index contributed by atoms with van der Waals surface area (Å²) in [5.41, 5.74) is -1.75. The maximum absolute atomic E-state index is 13.0. The summed E-state index contributed by atoms with van der Waals surface area (Å²) in [6.45, 7) is 1.35. The minimum atomic E-state index is -4.62. The highest BCUT2D eigenvalue weighted by Gasteiger charge is 2.32. The van der Waals surface area contributed by atoms with Gasteiger partial charge in [0.15, 0.2) is 5.82 Å². The second-order valence-electron chi connectivity index (χ2n) is 5.62. The minimum absolute atomic E-state index is 0.0458. The first-order chi connectivity index (χ1) is 12.0. The number of ketones is 1. The van der Waals surface area contributed by atoms with E-state index in [9.17, 15) is 27.9 Å². The van der Waals surface area contributed by atoms with E-state index in [2.05, 4.69) is 10.1 Å². The molecule has 10 heteroatoms. The molecule has 138 valence electrons. The van der Waals surface area contributed by atoms with Gasteiger partial charge in [0.1, 0.15) is 11.3 Å². The van der Waals surface area contributed by atoms with Crippen molar-refractivity contribution in [2.45, 2.75) is 13.1 Å². The van der Waals surface area contributed by atoms with E-state index in [1.165, 1.54) is 13.1 Å². The van der Waals surface area contributed by atoms with Crippen LogP contribution >= 0.6 is 0 Å². The van der Waals surface area contributed by atoms with Gasteiger partial charge in [-0.05, 0) is 19.1 Å². The zero-order valence-electron chi connectivity index (χ0n) is 14.1. The topological polar surface area (TPSA) is 88.3 Å². The summed E-state index contributed by atoms with van der Waals surface area (Å²) in [5, 5.41) is 13.0. The van der Waals surface area contributed by atoms with Crippen molar-refractivity contribution in [2.75, 3.05) is 14.1 Å². The lowest BCUT2D eigenvalue weighted by Crippen LogP contribution is -2.15. The largest absolute Gasteiger partial charge is 0.478 e. The molecule has 0 bridgehead atoms. The summed E-state index contributed by atoms with van der Waals surface area (Å²) in [6, 6.07) is 1.55. The number of aromatic carboxylic acids is 1. The fraction of sp³-hybridized carbons (Fsp3) is 0.250. The summed E-state index contributed by atoms with van der Waals surface area (Å²) in [4.78, 5) is 29.3. The molecule has 0 amide bonds. The Bertz CT molecular complexity index is 885. The fourth-order valence-corrected chi connectivity index (χ4v) is 2.13. The Hall–Kier alpha value is -3.17. The van der Waals surface area contributed by atoms with Gasteiger partial charge in [0.2, 0.25) is 5.78 Å². The van der Waals surface area contributed by atoms with E-state index in [1.807, 2.05) is 0 Å². The van der Waals surface area contributed by atoms with Gasteiger partial charge in [-0.3, -0.25) is 4.79 Å². The normalized spacial score (nSPS) is 11.8. The Balaban J connectivity index is 2.66. The molecule has 2 heterocycles. The van der Waals surface area contributed by atoms with Crippen LogP contribution in [0.2, 0.25) is 0 Å². The number of pyridine rings is 1. The van der Waals surface area contributed by atoms with Crippen LogP contribution in [0.25, 0.3) is 5.82 Å². The first kappa shape index (κ1) is 19.2. The molecule has 0 spiro atoms. The number of carbonyl (C=O) groups is 2. The van der Waals surface area contributed by atoms with Crippen molar-refractivity contribution in [1.82, 2.24) is 19.7 Å². The quantitative estimate of drug-likeness (QED) is 0.645. The van der Waals surface area contributed by atoms with E-state index in [0.717, 1.165) is 23.0 Å². The molecule has 0 aromatic carbocycles. The second-order valence-corrected chi connectivity index (χ2v) is 5.62. The number of allylic oxidation sites excluding steroid dienone is 1. The molecule has 0 aliphatic heterocycles. The number of carbonyl (C=O) groups excluding carboxylic acids is 1. The van der Waals surface area contributed by atoms with Crippen LogP contribution < -0.4 is 0 Å². The van der Waals surface area contributed by atoms with Gasteiger partial charge < -0.3 is 10.0 Å². The Morgan fingerprint density at radius 3 is 2.46 bits per heavy atom. The molecule has 7 nitrogen and oxygen atoms in total. The van der Waals surface area contributed by atoms with Crippen LogP contribution in [0.1, 0.15) is 32.1 Å². The van der Waals surface area contributed by atoms with E-state index in [4.69, 9.17) is 0 Å². The SMILES string of the molecule is Cc1cc(C(F)(F)F)cc(-n2ncc(C(=O)O)c2C(=O)/C=C/N(C)C)n1. The zero-order chi connectivity index (χ0) is 19.6. The van der Waals surface area contributed by atoms with Crippen molar-refractivity contribution in [1.29, 1.82) is 0 Å². The molecular formula is C16H15F3N4O3.